The first-order valence-corrected chi connectivity index (χ1v) is 10.5. The van der Waals surface area contributed by atoms with E-state index in [9.17, 15) is 4.79 Å². The Bertz CT molecular complexity index is 1150. The first-order chi connectivity index (χ1) is 15.2. The van der Waals surface area contributed by atoms with Crippen molar-refractivity contribution in [3.05, 3.63) is 71.7 Å². The number of hydrogen-bond acceptors (Lipinski definition) is 6. The lowest BCUT2D eigenvalue weighted by Gasteiger charge is -2.12. The molecule has 0 aliphatic carbocycles. The number of amides is 1. The van der Waals surface area contributed by atoms with Crippen molar-refractivity contribution >= 4 is 33.1 Å². The van der Waals surface area contributed by atoms with Crippen LogP contribution in [0.15, 0.2) is 66.7 Å². The molecule has 4 rings (SSSR count). The van der Waals surface area contributed by atoms with Crippen LogP contribution in [0.1, 0.15) is 5.01 Å². The summed E-state index contributed by atoms with van der Waals surface area (Å²) < 4.78 is 17.4. The topological polar surface area (TPSA) is 69.7 Å². The molecule has 0 aliphatic heterocycles. The summed E-state index contributed by atoms with van der Waals surface area (Å²) in [6, 6.07) is 21.1. The van der Waals surface area contributed by atoms with Crippen molar-refractivity contribution in [1.82, 2.24) is 4.98 Å². The Balaban J connectivity index is 1.39. The zero-order chi connectivity index (χ0) is 21.6. The van der Waals surface area contributed by atoms with Gasteiger partial charge in [0.1, 0.15) is 23.1 Å². The van der Waals surface area contributed by atoms with Gasteiger partial charge in [-0.1, -0.05) is 24.3 Å². The number of carbonyl (C=O) groups excluding carboxylic acids is 1. The number of nitrogens with zero attached hydrogens (tertiary/aromatic N) is 1. The number of anilines is 1. The van der Waals surface area contributed by atoms with Gasteiger partial charge in [-0.2, -0.15) is 0 Å². The summed E-state index contributed by atoms with van der Waals surface area (Å²) in [5.41, 5.74) is 3.44. The zero-order valence-electron chi connectivity index (χ0n) is 17.3. The molecule has 0 saturated heterocycles. The first kappa shape index (κ1) is 20.8. The van der Waals surface area contributed by atoms with Gasteiger partial charge in [0.2, 0.25) is 5.91 Å². The molecular formula is C24H22N2O4S. The lowest BCUT2D eigenvalue weighted by atomic mass is 10.0. The maximum atomic E-state index is 12.4. The largest absolute Gasteiger partial charge is 0.497 e. The normalized spacial score (nSPS) is 10.8. The van der Waals surface area contributed by atoms with Gasteiger partial charge >= 0.3 is 0 Å². The van der Waals surface area contributed by atoms with Crippen LogP contribution in [0.25, 0.3) is 21.3 Å². The molecule has 1 heterocycles. The molecule has 4 aromatic rings. The Morgan fingerprint density at radius 3 is 2.55 bits per heavy atom. The van der Waals surface area contributed by atoms with Crippen molar-refractivity contribution in [2.24, 2.45) is 0 Å². The second-order valence-corrected chi connectivity index (χ2v) is 7.88. The van der Waals surface area contributed by atoms with E-state index >= 15 is 0 Å². The van der Waals surface area contributed by atoms with Crippen molar-refractivity contribution in [1.29, 1.82) is 0 Å². The third-order valence-electron chi connectivity index (χ3n) is 4.68. The van der Waals surface area contributed by atoms with Crippen LogP contribution in [0.3, 0.4) is 0 Å². The number of ether oxygens (including phenoxy) is 3. The van der Waals surface area contributed by atoms with Gasteiger partial charge in [0.25, 0.3) is 0 Å². The average Bonchev–Trinajstić information content (AvgIpc) is 3.22. The molecule has 1 aromatic heterocycles. The Labute approximate surface area is 184 Å². The summed E-state index contributed by atoms with van der Waals surface area (Å²) in [6.45, 7) is 0.242. The molecule has 6 nitrogen and oxygen atoms in total. The molecule has 31 heavy (non-hydrogen) atoms. The van der Waals surface area contributed by atoms with Crippen LogP contribution in [0.2, 0.25) is 0 Å². The minimum atomic E-state index is -0.230. The molecule has 0 unspecified atom stereocenters. The van der Waals surface area contributed by atoms with E-state index in [0.717, 1.165) is 37.9 Å². The number of methoxy groups -OCH3 is 2. The molecular weight excluding hydrogens is 412 g/mol. The van der Waals surface area contributed by atoms with Gasteiger partial charge < -0.3 is 19.5 Å². The number of thiazole rings is 1. The molecule has 7 heteroatoms. The number of hydrogen-bond donors (Lipinski definition) is 1. The summed E-state index contributed by atoms with van der Waals surface area (Å²) in [6.07, 6.45) is 0. The highest BCUT2D eigenvalue weighted by Gasteiger charge is 2.10. The number of carbonyl (C=O) groups is 1. The van der Waals surface area contributed by atoms with Crippen LogP contribution < -0.4 is 14.8 Å². The summed E-state index contributed by atoms with van der Waals surface area (Å²) in [4.78, 5) is 16.9. The molecule has 0 spiro atoms. The predicted molar refractivity (Wildman–Crippen MR) is 123 cm³/mol. The standard InChI is InChI=1S/C24H22N2O4S/c1-28-18-10-7-16(8-11-18)19-13-17(9-12-21(19)29-2)25-23(27)14-30-15-24-26-20-5-3-4-6-22(20)31-24/h3-13H,14-15H2,1-2H3,(H,25,27). The Morgan fingerprint density at radius 2 is 1.81 bits per heavy atom. The van der Waals surface area contributed by atoms with Crippen molar-refractivity contribution in [3.8, 4) is 22.6 Å². The number of nitrogens with one attached hydrogen (secondary N) is 1. The van der Waals surface area contributed by atoms with Crippen LogP contribution >= 0.6 is 11.3 Å². The van der Waals surface area contributed by atoms with E-state index in [4.69, 9.17) is 14.2 Å². The Hall–Kier alpha value is -3.42. The maximum Gasteiger partial charge on any atom is 0.250 e. The number of para-hydroxylation sites is 1. The van der Waals surface area contributed by atoms with Gasteiger partial charge in [-0.05, 0) is 48.0 Å². The van der Waals surface area contributed by atoms with Crippen LogP contribution in [-0.4, -0.2) is 31.7 Å². The highest BCUT2D eigenvalue weighted by atomic mass is 32.1. The molecule has 0 saturated carbocycles. The Morgan fingerprint density at radius 1 is 1.00 bits per heavy atom. The molecule has 158 valence electrons. The highest BCUT2D eigenvalue weighted by molar-refractivity contribution is 7.18. The number of benzene rings is 3. The van der Waals surface area contributed by atoms with Gasteiger partial charge in [0, 0.05) is 11.3 Å². The lowest BCUT2D eigenvalue weighted by Crippen LogP contribution is -2.18. The van der Waals surface area contributed by atoms with E-state index in [1.54, 1.807) is 31.6 Å². The number of rotatable bonds is 8. The monoisotopic (exact) mass is 434 g/mol. The van der Waals surface area contributed by atoms with Crippen LogP contribution in [0.4, 0.5) is 5.69 Å². The molecule has 0 aliphatic rings. The number of fused-ring (bicyclic) bond motifs is 1. The highest BCUT2D eigenvalue weighted by Crippen LogP contribution is 2.33. The van der Waals surface area contributed by atoms with Crippen molar-refractivity contribution < 1.29 is 19.0 Å². The lowest BCUT2D eigenvalue weighted by molar-refractivity contribution is -0.121. The SMILES string of the molecule is COc1ccc(-c2cc(NC(=O)COCc3nc4ccccc4s3)ccc2OC)cc1. The summed E-state index contributed by atoms with van der Waals surface area (Å²) in [5.74, 6) is 1.26. The first-order valence-electron chi connectivity index (χ1n) is 9.71. The van der Waals surface area contributed by atoms with E-state index in [1.807, 2.05) is 60.7 Å². The molecule has 0 bridgehead atoms. The molecule has 0 radical (unpaired) electrons. The summed E-state index contributed by atoms with van der Waals surface area (Å²) in [5, 5.41) is 3.73. The second-order valence-electron chi connectivity index (χ2n) is 6.76. The molecule has 3 aromatic carbocycles. The van der Waals surface area contributed by atoms with E-state index in [-0.39, 0.29) is 12.5 Å². The minimum Gasteiger partial charge on any atom is -0.497 e. The quantitative estimate of drug-likeness (QED) is 0.416. The molecule has 1 amide bonds. The predicted octanol–water partition coefficient (Wildman–Crippen LogP) is 5.14. The van der Waals surface area contributed by atoms with Crippen molar-refractivity contribution in [2.75, 3.05) is 26.1 Å². The smallest absolute Gasteiger partial charge is 0.250 e. The van der Waals surface area contributed by atoms with Crippen molar-refractivity contribution in [3.63, 3.8) is 0 Å². The number of aromatic nitrogens is 1. The van der Waals surface area contributed by atoms with Crippen LogP contribution in [0, 0.1) is 0 Å². The summed E-state index contributed by atoms with van der Waals surface area (Å²) >= 11 is 1.57. The van der Waals surface area contributed by atoms with Crippen LogP contribution in [0.5, 0.6) is 11.5 Å². The zero-order valence-corrected chi connectivity index (χ0v) is 18.1. The second kappa shape index (κ2) is 9.59. The minimum absolute atomic E-state index is 0.0557. The third-order valence-corrected chi connectivity index (χ3v) is 5.69. The van der Waals surface area contributed by atoms with E-state index in [2.05, 4.69) is 10.3 Å². The van der Waals surface area contributed by atoms with Gasteiger partial charge in [-0.3, -0.25) is 4.79 Å². The van der Waals surface area contributed by atoms with Crippen molar-refractivity contribution in [2.45, 2.75) is 6.61 Å². The Kier molecular flexibility index (Phi) is 6.45. The van der Waals surface area contributed by atoms with E-state index in [1.165, 1.54) is 0 Å². The van der Waals surface area contributed by atoms with Crippen LogP contribution in [-0.2, 0) is 16.1 Å². The summed E-state index contributed by atoms with van der Waals surface area (Å²) in [7, 11) is 3.25. The molecule has 1 N–H and O–H groups in total. The van der Waals surface area contributed by atoms with Gasteiger partial charge in [0.15, 0.2) is 0 Å². The van der Waals surface area contributed by atoms with Gasteiger partial charge in [0.05, 0.1) is 31.0 Å². The van der Waals surface area contributed by atoms with Gasteiger partial charge in [-0.15, -0.1) is 11.3 Å². The fourth-order valence-corrected chi connectivity index (χ4v) is 4.10. The molecule has 0 atom stereocenters. The average molecular weight is 435 g/mol. The van der Waals surface area contributed by atoms with E-state index < -0.39 is 0 Å². The third kappa shape index (κ3) is 5.02. The fraction of sp³-hybridized carbons (Fsp3) is 0.167. The maximum absolute atomic E-state index is 12.4. The fourth-order valence-electron chi connectivity index (χ4n) is 3.19. The van der Waals surface area contributed by atoms with E-state index in [0.29, 0.717) is 12.3 Å². The molecule has 0 fully saturated rings. The van der Waals surface area contributed by atoms with Gasteiger partial charge in [-0.25, -0.2) is 4.98 Å².